The van der Waals surface area contributed by atoms with Crippen LogP contribution in [-0.2, 0) is 11.3 Å². The zero-order valence-corrected chi connectivity index (χ0v) is 20.3. The summed E-state index contributed by atoms with van der Waals surface area (Å²) in [6.45, 7) is 0.743. The zero-order chi connectivity index (χ0) is 24.1. The first-order valence-electron chi connectivity index (χ1n) is 10.9. The number of hydrogen-bond acceptors (Lipinski definition) is 4. The van der Waals surface area contributed by atoms with E-state index in [2.05, 4.69) is 5.32 Å². The number of carbonyl (C=O) groups excluding carboxylic acids is 1. The number of anilines is 1. The van der Waals surface area contributed by atoms with Gasteiger partial charge in [-0.05, 0) is 36.0 Å². The van der Waals surface area contributed by atoms with E-state index in [0.717, 1.165) is 16.7 Å². The van der Waals surface area contributed by atoms with E-state index in [1.807, 2.05) is 77.7 Å². The number of carbonyl (C=O) groups is 1. The molecule has 3 aromatic carbocycles. The summed E-state index contributed by atoms with van der Waals surface area (Å²) in [6, 6.07) is 24.9. The molecule has 1 amide bonds. The van der Waals surface area contributed by atoms with Gasteiger partial charge in [-0.2, -0.15) is 0 Å². The third kappa shape index (κ3) is 5.28. The number of benzene rings is 3. The first-order chi connectivity index (χ1) is 16.5. The molecule has 2 N–H and O–H groups in total. The van der Waals surface area contributed by atoms with Crippen LogP contribution in [0, 0.1) is 0 Å². The lowest BCUT2D eigenvalue weighted by Gasteiger charge is -2.28. The van der Waals surface area contributed by atoms with Crippen LogP contribution in [0.1, 0.15) is 16.7 Å². The number of likely N-dealkylation sites (N-methyl/N-ethyl adjacent to an activating group) is 1. The zero-order valence-electron chi connectivity index (χ0n) is 18.7. The van der Waals surface area contributed by atoms with E-state index in [1.165, 1.54) is 0 Å². The van der Waals surface area contributed by atoms with Gasteiger partial charge in [0.2, 0.25) is 6.17 Å². The molecular weight excluding hydrogens is 468 g/mol. The third-order valence-electron chi connectivity index (χ3n) is 5.58. The molecule has 174 valence electrons. The van der Waals surface area contributed by atoms with E-state index < -0.39 is 6.17 Å². The van der Waals surface area contributed by atoms with E-state index in [4.69, 9.17) is 28.8 Å². The van der Waals surface area contributed by atoms with Crippen LogP contribution in [0.2, 0.25) is 5.02 Å². The maximum atomic E-state index is 13.4. The molecule has 0 saturated heterocycles. The van der Waals surface area contributed by atoms with Gasteiger partial charge < -0.3 is 20.2 Å². The van der Waals surface area contributed by atoms with Gasteiger partial charge >= 0.3 is 0 Å². The lowest BCUT2D eigenvalue weighted by Crippen LogP contribution is -2.50. The second-order valence-corrected chi connectivity index (χ2v) is 8.71. The van der Waals surface area contributed by atoms with Crippen LogP contribution >= 0.6 is 23.8 Å². The van der Waals surface area contributed by atoms with Crippen LogP contribution in [0.25, 0.3) is 0 Å². The number of rotatable bonds is 6. The van der Waals surface area contributed by atoms with Gasteiger partial charge in [-0.15, -0.1) is 0 Å². The van der Waals surface area contributed by atoms with Crippen LogP contribution in [0.15, 0.2) is 83.9 Å². The van der Waals surface area contributed by atoms with Crippen molar-refractivity contribution < 1.29 is 9.90 Å². The van der Waals surface area contributed by atoms with Gasteiger partial charge in [0.15, 0.2) is 5.11 Å². The molecule has 4 rings (SSSR count). The molecule has 1 heterocycles. The van der Waals surface area contributed by atoms with Crippen molar-refractivity contribution in [3.05, 3.63) is 101 Å². The first kappa shape index (κ1) is 23.9. The fraction of sp³-hybridized carbons (Fsp3) is 0.192. The third-order valence-corrected chi connectivity index (χ3v) is 6.19. The predicted molar refractivity (Wildman–Crippen MR) is 140 cm³/mol. The van der Waals surface area contributed by atoms with Crippen LogP contribution in [-0.4, -0.2) is 53.1 Å². The summed E-state index contributed by atoms with van der Waals surface area (Å²) in [5.41, 5.74) is 4.03. The Morgan fingerprint density at radius 1 is 1.12 bits per heavy atom. The minimum Gasteiger partial charge on any atom is -0.395 e. The number of aliphatic imine (C=N–C) groups is 1. The number of halogens is 1. The van der Waals surface area contributed by atoms with E-state index in [1.54, 1.807) is 18.0 Å². The monoisotopic (exact) mass is 492 g/mol. The SMILES string of the molecule is CN1C(=O)C(NC(=S)N(CCO)Cc2ccccc2)N=C(c2ccccc2)c2cc(Cl)ccc21. The Morgan fingerprint density at radius 3 is 2.47 bits per heavy atom. The second-order valence-electron chi connectivity index (χ2n) is 7.89. The maximum absolute atomic E-state index is 13.4. The van der Waals surface area contributed by atoms with E-state index >= 15 is 0 Å². The highest BCUT2D eigenvalue weighted by molar-refractivity contribution is 7.80. The molecule has 0 aliphatic carbocycles. The molecule has 3 aromatic rings. The smallest absolute Gasteiger partial charge is 0.272 e. The summed E-state index contributed by atoms with van der Waals surface area (Å²) in [5, 5.41) is 13.6. The van der Waals surface area contributed by atoms with Gasteiger partial charge in [0.25, 0.3) is 5.91 Å². The Labute approximate surface area is 209 Å². The number of thiocarbonyl (C=S) groups is 1. The Balaban J connectivity index is 1.69. The average molecular weight is 493 g/mol. The number of benzodiazepines with no additional fused rings is 1. The molecule has 1 aliphatic heterocycles. The van der Waals surface area contributed by atoms with Gasteiger partial charge in [0, 0.05) is 36.3 Å². The summed E-state index contributed by atoms with van der Waals surface area (Å²) in [7, 11) is 1.71. The van der Waals surface area contributed by atoms with Crippen LogP contribution < -0.4 is 10.2 Å². The molecule has 8 heteroatoms. The fourth-order valence-corrected chi connectivity index (χ4v) is 4.29. The normalized spacial score (nSPS) is 15.3. The Hall–Kier alpha value is -3.26. The molecule has 1 unspecified atom stereocenters. The molecule has 1 atom stereocenters. The minimum absolute atomic E-state index is 0.0738. The average Bonchev–Trinajstić information content (AvgIpc) is 2.95. The summed E-state index contributed by atoms with van der Waals surface area (Å²) in [5.74, 6) is -0.250. The van der Waals surface area contributed by atoms with Crippen molar-refractivity contribution in [1.82, 2.24) is 10.2 Å². The van der Waals surface area contributed by atoms with Gasteiger partial charge in [-0.25, -0.2) is 4.99 Å². The number of aliphatic hydroxyl groups excluding tert-OH is 1. The van der Waals surface area contributed by atoms with Gasteiger partial charge in [0.05, 0.1) is 18.0 Å². The highest BCUT2D eigenvalue weighted by atomic mass is 35.5. The highest BCUT2D eigenvalue weighted by Gasteiger charge is 2.31. The molecule has 0 radical (unpaired) electrons. The summed E-state index contributed by atoms with van der Waals surface area (Å²) < 4.78 is 0. The van der Waals surface area contributed by atoms with Gasteiger partial charge in [0.1, 0.15) is 0 Å². The lowest BCUT2D eigenvalue weighted by molar-refractivity contribution is -0.119. The minimum atomic E-state index is -0.948. The largest absolute Gasteiger partial charge is 0.395 e. The lowest BCUT2D eigenvalue weighted by atomic mass is 10.0. The number of nitrogens with one attached hydrogen (secondary N) is 1. The quantitative estimate of drug-likeness (QED) is 0.512. The van der Waals surface area contributed by atoms with Crippen LogP contribution in [0.3, 0.4) is 0 Å². The van der Waals surface area contributed by atoms with Crippen LogP contribution in [0.4, 0.5) is 5.69 Å². The number of aliphatic hydroxyl groups is 1. The molecule has 0 aromatic heterocycles. The fourth-order valence-electron chi connectivity index (χ4n) is 3.85. The predicted octanol–water partition coefficient (Wildman–Crippen LogP) is 3.85. The number of hydrogen-bond donors (Lipinski definition) is 2. The van der Waals surface area contributed by atoms with Gasteiger partial charge in [-0.1, -0.05) is 72.3 Å². The van der Waals surface area contributed by atoms with Crippen molar-refractivity contribution in [2.24, 2.45) is 4.99 Å². The van der Waals surface area contributed by atoms with E-state index in [-0.39, 0.29) is 12.5 Å². The maximum Gasteiger partial charge on any atom is 0.272 e. The standard InChI is InChI=1S/C26H25ClN4O2S/c1-30-22-13-12-20(27)16-21(22)23(19-10-6-3-7-11-19)28-24(25(30)33)29-26(34)31(14-15-32)17-18-8-4-2-5-9-18/h2-13,16,24,32H,14-15,17H2,1H3,(H,29,34). The molecule has 0 saturated carbocycles. The second kappa shape index (κ2) is 10.8. The van der Waals surface area contributed by atoms with E-state index in [0.29, 0.717) is 34.6 Å². The molecule has 0 fully saturated rings. The first-order valence-corrected chi connectivity index (χ1v) is 11.7. The van der Waals surface area contributed by atoms with Crippen molar-refractivity contribution in [3.63, 3.8) is 0 Å². The molecule has 1 aliphatic rings. The van der Waals surface area contributed by atoms with Crippen molar-refractivity contribution >= 4 is 46.2 Å². The number of fused-ring (bicyclic) bond motifs is 1. The van der Waals surface area contributed by atoms with Gasteiger partial charge in [-0.3, -0.25) is 4.79 Å². The molecule has 6 nitrogen and oxygen atoms in total. The number of nitrogens with zero attached hydrogens (tertiary/aromatic N) is 3. The Kier molecular flexibility index (Phi) is 7.57. The van der Waals surface area contributed by atoms with Crippen molar-refractivity contribution in [2.45, 2.75) is 12.7 Å². The summed E-state index contributed by atoms with van der Waals surface area (Å²) in [4.78, 5) is 21.7. The summed E-state index contributed by atoms with van der Waals surface area (Å²) in [6.07, 6.45) is -0.948. The van der Waals surface area contributed by atoms with E-state index in [9.17, 15) is 9.90 Å². The molecule has 0 bridgehead atoms. The van der Waals surface area contributed by atoms with Crippen molar-refractivity contribution in [1.29, 1.82) is 0 Å². The number of amides is 1. The van der Waals surface area contributed by atoms with Crippen molar-refractivity contribution in [3.8, 4) is 0 Å². The topological polar surface area (TPSA) is 68.2 Å². The highest BCUT2D eigenvalue weighted by Crippen LogP contribution is 2.30. The Morgan fingerprint density at radius 2 is 1.79 bits per heavy atom. The molecular formula is C26H25ClN4O2S. The Bertz CT molecular complexity index is 1200. The van der Waals surface area contributed by atoms with Crippen LogP contribution in [0.5, 0.6) is 0 Å². The van der Waals surface area contributed by atoms with Crippen molar-refractivity contribution in [2.75, 3.05) is 25.1 Å². The molecule has 0 spiro atoms. The summed E-state index contributed by atoms with van der Waals surface area (Å²) >= 11 is 12.0. The molecule has 34 heavy (non-hydrogen) atoms.